The minimum Gasteiger partial charge on any atom is -0.378 e. The zero-order chi connectivity index (χ0) is 16.5. The quantitative estimate of drug-likeness (QED) is 0.717. The molecular formula is C14H10BrF3O3S. The Hall–Kier alpha value is -1.54. The van der Waals surface area contributed by atoms with Crippen LogP contribution in [0.3, 0.4) is 0 Å². The van der Waals surface area contributed by atoms with Crippen molar-refractivity contribution in [1.29, 1.82) is 0 Å². The van der Waals surface area contributed by atoms with Crippen LogP contribution in [-0.2, 0) is 16.3 Å². The standard InChI is InChI=1S/C14H10BrF3O3S/c1-9-2-5-11(6-3-9)22(19,20)21-13-7-4-10(8-12(13)15)14(16,17)18/h2-8H,1H3. The van der Waals surface area contributed by atoms with Gasteiger partial charge in [0.05, 0.1) is 10.0 Å². The first-order valence-corrected chi connectivity index (χ1v) is 8.17. The number of alkyl halides is 3. The maximum atomic E-state index is 12.6. The van der Waals surface area contributed by atoms with Gasteiger partial charge in [0.2, 0.25) is 0 Å². The SMILES string of the molecule is Cc1ccc(S(=O)(=O)Oc2ccc(C(F)(F)F)cc2Br)cc1. The molecule has 0 bridgehead atoms. The van der Waals surface area contributed by atoms with Crippen LogP contribution in [0.5, 0.6) is 5.75 Å². The predicted octanol–water partition coefficient (Wildman–Crippen LogP) is 4.54. The van der Waals surface area contributed by atoms with Gasteiger partial charge in [-0.05, 0) is 53.2 Å². The molecule has 0 saturated carbocycles. The van der Waals surface area contributed by atoms with E-state index in [1.54, 1.807) is 19.1 Å². The fourth-order valence-corrected chi connectivity index (χ4v) is 3.13. The highest BCUT2D eigenvalue weighted by Crippen LogP contribution is 2.35. The average molecular weight is 395 g/mol. The number of rotatable bonds is 3. The first kappa shape index (κ1) is 16.8. The summed E-state index contributed by atoms with van der Waals surface area (Å²) in [5.74, 6) is -0.214. The Morgan fingerprint density at radius 3 is 2.14 bits per heavy atom. The molecule has 2 aromatic carbocycles. The molecule has 8 heteroatoms. The van der Waals surface area contributed by atoms with Gasteiger partial charge in [-0.1, -0.05) is 17.7 Å². The Morgan fingerprint density at radius 1 is 1.05 bits per heavy atom. The Labute approximate surface area is 134 Å². The van der Waals surface area contributed by atoms with Gasteiger partial charge < -0.3 is 4.18 Å². The van der Waals surface area contributed by atoms with Crippen LogP contribution < -0.4 is 4.18 Å². The van der Waals surface area contributed by atoms with Crippen molar-refractivity contribution in [3.63, 3.8) is 0 Å². The molecule has 3 nitrogen and oxygen atoms in total. The van der Waals surface area contributed by atoms with Crippen molar-refractivity contribution in [1.82, 2.24) is 0 Å². The highest BCUT2D eigenvalue weighted by Gasteiger charge is 2.31. The van der Waals surface area contributed by atoms with Gasteiger partial charge in [-0.2, -0.15) is 21.6 Å². The zero-order valence-corrected chi connectivity index (χ0v) is 13.6. The zero-order valence-electron chi connectivity index (χ0n) is 11.2. The molecule has 0 unspecified atom stereocenters. The molecule has 0 spiro atoms. The van der Waals surface area contributed by atoms with E-state index < -0.39 is 21.9 Å². The number of halogens is 4. The summed E-state index contributed by atoms with van der Waals surface area (Å²) in [6.07, 6.45) is -4.52. The maximum Gasteiger partial charge on any atom is 0.416 e. The fourth-order valence-electron chi connectivity index (χ4n) is 1.62. The molecule has 0 aliphatic rings. The molecule has 0 aliphatic carbocycles. The highest BCUT2D eigenvalue weighted by atomic mass is 79.9. The van der Waals surface area contributed by atoms with Crippen LogP contribution in [-0.4, -0.2) is 8.42 Å². The maximum absolute atomic E-state index is 12.6. The molecule has 22 heavy (non-hydrogen) atoms. The normalized spacial score (nSPS) is 12.2. The fraction of sp³-hybridized carbons (Fsp3) is 0.143. The largest absolute Gasteiger partial charge is 0.416 e. The molecule has 2 aromatic rings. The summed E-state index contributed by atoms with van der Waals surface area (Å²) in [5, 5.41) is 0. The van der Waals surface area contributed by atoms with E-state index in [9.17, 15) is 21.6 Å². The molecule has 0 heterocycles. The Bertz CT molecular complexity index is 784. The second-order valence-electron chi connectivity index (χ2n) is 4.49. The van der Waals surface area contributed by atoms with E-state index in [-0.39, 0.29) is 15.1 Å². The van der Waals surface area contributed by atoms with Gasteiger partial charge in [-0.15, -0.1) is 0 Å². The van der Waals surface area contributed by atoms with Gasteiger partial charge in [0.25, 0.3) is 0 Å². The lowest BCUT2D eigenvalue weighted by molar-refractivity contribution is -0.137. The van der Waals surface area contributed by atoms with E-state index in [0.29, 0.717) is 0 Å². The third-order valence-electron chi connectivity index (χ3n) is 2.77. The summed E-state index contributed by atoms with van der Waals surface area (Å²) in [7, 11) is -4.11. The van der Waals surface area contributed by atoms with Crippen molar-refractivity contribution in [2.24, 2.45) is 0 Å². The minimum absolute atomic E-state index is 0.0788. The van der Waals surface area contributed by atoms with Crippen molar-refractivity contribution in [3.8, 4) is 5.75 Å². The van der Waals surface area contributed by atoms with Crippen LogP contribution >= 0.6 is 15.9 Å². The van der Waals surface area contributed by atoms with Crippen molar-refractivity contribution in [3.05, 3.63) is 58.1 Å². The minimum atomic E-state index is -4.52. The molecule has 0 saturated heterocycles. The van der Waals surface area contributed by atoms with E-state index in [4.69, 9.17) is 4.18 Å². The first-order valence-electron chi connectivity index (χ1n) is 5.97. The highest BCUT2D eigenvalue weighted by molar-refractivity contribution is 9.10. The van der Waals surface area contributed by atoms with Gasteiger partial charge in [0.15, 0.2) is 5.75 Å². The van der Waals surface area contributed by atoms with Crippen molar-refractivity contribution >= 4 is 26.0 Å². The Morgan fingerprint density at radius 2 is 1.64 bits per heavy atom. The molecular weight excluding hydrogens is 385 g/mol. The van der Waals surface area contributed by atoms with Crippen molar-refractivity contribution in [2.45, 2.75) is 18.0 Å². The predicted molar refractivity (Wildman–Crippen MR) is 78.1 cm³/mol. The van der Waals surface area contributed by atoms with E-state index in [1.807, 2.05) is 0 Å². The summed E-state index contributed by atoms with van der Waals surface area (Å²) >= 11 is 2.89. The van der Waals surface area contributed by atoms with Crippen LogP contribution in [0.2, 0.25) is 0 Å². The summed E-state index contributed by atoms with van der Waals surface area (Å²) in [6.45, 7) is 1.80. The summed E-state index contributed by atoms with van der Waals surface area (Å²) < 4.78 is 66.6. The molecule has 0 aliphatic heterocycles. The molecule has 0 radical (unpaired) electrons. The van der Waals surface area contributed by atoms with E-state index >= 15 is 0 Å². The van der Waals surface area contributed by atoms with Crippen LogP contribution in [0.15, 0.2) is 51.8 Å². The molecule has 0 fully saturated rings. The van der Waals surface area contributed by atoms with Gasteiger partial charge >= 0.3 is 16.3 Å². The van der Waals surface area contributed by atoms with E-state index in [2.05, 4.69) is 15.9 Å². The third-order valence-corrected chi connectivity index (χ3v) is 4.64. The molecule has 0 amide bonds. The van der Waals surface area contributed by atoms with Gasteiger partial charge in [-0.3, -0.25) is 0 Å². The second kappa shape index (κ2) is 5.92. The third kappa shape index (κ3) is 3.80. The molecule has 2 rings (SSSR count). The Kier molecular flexibility index (Phi) is 4.53. The van der Waals surface area contributed by atoms with Gasteiger partial charge in [-0.25, -0.2) is 0 Å². The number of aryl methyl sites for hydroxylation is 1. The summed E-state index contributed by atoms with van der Waals surface area (Å²) in [4.78, 5) is -0.0788. The van der Waals surface area contributed by atoms with E-state index in [0.717, 1.165) is 23.8 Å². The summed E-state index contributed by atoms with van der Waals surface area (Å²) in [6, 6.07) is 8.39. The molecule has 118 valence electrons. The summed E-state index contributed by atoms with van der Waals surface area (Å²) in [5.41, 5.74) is -0.0332. The van der Waals surface area contributed by atoms with Gasteiger partial charge in [0, 0.05) is 0 Å². The topological polar surface area (TPSA) is 43.4 Å². The van der Waals surface area contributed by atoms with Crippen LogP contribution in [0.1, 0.15) is 11.1 Å². The van der Waals surface area contributed by atoms with Crippen molar-refractivity contribution < 1.29 is 25.8 Å². The lowest BCUT2D eigenvalue weighted by Crippen LogP contribution is -2.11. The lowest BCUT2D eigenvalue weighted by atomic mass is 10.2. The van der Waals surface area contributed by atoms with Crippen LogP contribution in [0, 0.1) is 6.92 Å². The molecule has 0 N–H and O–H groups in total. The molecule has 0 aromatic heterocycles. The molecule has 0 atom stereocenters. The first-order chi connectivity index (χ1) is 10.1. The smallest absolute Gasteiger partial charge is 0.378 e. The van der Waals surface area contributed by atoms with Crippen LogP contribution in [0.4, 0.5) is 13.2 Å². The lowest BCUT2D eigenvalue weighted by Gasteiger charge is -2.11. The van der Waals surface area contributed by atoms with Crippen LogP contribution in [0.25, 0.3) is 0 Å². The van der Waals surface area contributed by atoms with E-state index in [1.165, 1.54) is 12.1 Å². The average Bonchev–Trinajstić information content (AvgIpc) is 2.40. The number of hydrogen-bond donors (Lipinski definition) is 0. The Balaban J connectivity index is 2.32. The number of hydrogen-bond acceptors (Lipinski definition) is 3. The van der Waals surface area contributed by atoms with Crippen molar-refractivity contribution in [2.75, 3.05) is 0 Å². The number of benzene rings is 2. The monoisotopic (exact) mass is 394 g/mol. The second-order valence-corrected chi connectivity index (χ2v) is 6.89. The van der Waals surface area contributed by atoms with Gasteiger partial charge in [0.1, 0.15) is 4.90 Å².